The van der Waals surface area contributed by atoms with Crippen LogP contribution in [0, 0.1) is 5.82 Å². The molecule has 0 saturated carbocycles. The minimum absolute atomic E-state index is 0.0340. The van der Waals surface area contributed by atoms with E-state index in [-0.39, 0.29) is 43.8 Å². The number of benzene rings is 2. The van der Waals surface area contributed by atoms with Crippen molar-refractivity contribution >= 4 is 39.1 Å². The summed E-state index contributed by atoms with van der Waals surface area (Å²) in [5.74, 6) is -0.979. The summed E-state index contributed by atoms with van der Waals surface area (Å²) in [4.78, 5) is 27.7. The normalized spacial score (nSPS) is 12.3. The molecule has 0 aliphatic heterocycles. The van der Waals surface area contributed by atoms with Gasteiger partial charge in [-0.05, 0) is 68.7 Å². The highest BCUT2D eigenvalue weighted by Crippen LogP contribution is 2.20. The van der Waals surface area contributed by atoms with E-state index in [1.807, 2.05) is 20.8 Å². The van der Waals surface area contributed by atoms with Crippen molar-refractivity contribution < 1.29 is 22.4 Å². The molecule has 1 N–H and O–H groups in total. The van der Waals surface area contributed by atoms with E-state index in [9.17, 15) is 22.4 Å². The molecule has 0 aromatic heterocycles. The fraction of sp³-hybridized carbons (Fsp3) is 0.440. The van der Waals surface area contributed by atoms with E-state index in [2.05, 4.69) is 5.32 Å². The average Bonchev–Trinajstić information content (AvgIpc) is 2.77. The van der Waals surface area contributed by atoms with Crippen LogP contribution in [0.5, 0.6) is 0 Å². The number of anilines is 1. The molecule has 2 amide bonds. The molecule has 0 unspecified atom stereocenters. The van der Waals surface area contributed by atoms with Crippen LogP contribution >= 0.6 is 11.6 Å². The van der Waals surface area contributed by atoms with Crippen molar-refractivity contribution in [3.63, 3.8) is 0 Å². The number of hydrogen-bond acceptors (Lipinski definition) is 4. The standard InChI is InChI=1S/C25H33ClFN3O4S/c1-5-23(25(32)28-18(2)3)29(17-19-8-10-20(26)11-9-19)24(31)7-6-16-30(35(4,33)34)22-14-12-21(27)13-15-22/h8-15,18,23H,5-7,16-17H2,1-4H3,(H,28,32)/t23-/m0/s1. The van der Waals surface area contributed by atoms with Gasteiger partial charge in [-0.15, -0.1) is 0 Å². The summed E-state index contributed by atoms with van der Waals surface area (Å²) >= 11 is 5.98. The second kappa shape index (κ2) is 12.9. The van der Waals surface area contributed by atoms with E-state index >= 15 is 0 Å². The topological polar surface area (TPSA) is 86.8 Å². The highest BCUT2D eigenvalue weighted by Gasteiger charge is 2.29. The lowest BCUT2D eigenvalue weighted by atomic mass is 10.1. The number of nitrogens with zero attached hydrogens (tertiary/aromatic N) is 2. The fourth-order valence-electron chi connectivity index (χ4n) is 3.70. The molecule has 0 heterocycles. The first-order valence-electron chi connectivity index (χ1n) is 11.5. The van der Waals surface area contributed by atoms with Crippen molar-refractivity contribution in [1.82, 2.24) is 10.2 Å². The minimum Gasteiger partial charge on any atom is -0.352 e. The molecule has 0 radical (unpaired) electrons. The highest BCUT2D eigenvalue weighted by atomic mass is 35.5. The first-order valence-corrected chi connectivity index (χ1v) is 13.7. The second-order valence-corrected chi connectivity index (χ2v) is 11.0. The molecular weight excluding hydrogens is 493 g/mol. The Morgan fingerprint density at radius 2 is 1.66 bits per heavy atom. The maximum absolute atomic E-state index is 13.3. The Balaban J connectivity index is 2.20. The maximum atomic E-state index is 13.3. The molecule has 1 atom stereocenters. The number of rotatable bonds is 12. The van der Waals surface area contributed by atoms with Crippen LogP contribution in [-0.4, -0.2) is 50.0 Å². The van der Waals surface area contributed by atoms with E-state index in [0.717, 1.165) is 16.1 Å². The fourth-order valence-corrected chi connectivity index (χ4v) is 4.79. The summed E-state index contributed by atoms with van der Waals surface area (Å²) in [6, 6.07) is 11.4. The summed E-state index contributed by atoms with van der Waals surface area (Å²) in [5, 5.41) is 3.44. The Kier molecular flexibility index (Phi) is 10.5. The van der Waals surface area contributed by atoms with Gasteiger partial charge in [-0.2, -0.15) is 0 Å². The molecule has 2 aromatic carbocycles. The van der Waals surface area contributed by atoms with Crippen molar-refractivity contribution in [2.75, 3.05) is 17.1 Å². The first kappa shape index (κ1) is 28.6. The summed E-state index contributed by atoms with van der Waals surface area (Å²) in [6.07, 6.45) is 1.74. The van der Waals surface area contributed by atoms with Gasteiger partial charge >= 0.3 is 0 Å². The van der Waals surface area contributed by atoms with Gasteiger partial charge in [-0.1, -0.05) is 30.7 Å². The number of halogens is 2. The van der Waals surface area contributed by atoms with Crippen LogP contribution in [-0.2, 0) is 26.2 Å². The van der Waals surface area contributed by atoms with Crippen molar-refractivity contribution in [1.29, 1.82) is 0 Å². The highest BCUT2D eigenvalue weighted by molar-refractivity contribution is 7.92. The second-order valence-electron chi connectivity index (χ2n) is 8.65. The predicted molar refractivity (Wildman–Crippen MR) is 137 cm³/mol. The van der Waals surface area contributed by atoms with Gasteiger partial charge in [0.1, 0.15) is 11.9 Å². The maximum Gasteiger partial charge on any atom is 0.243 e. The van der Waals surface area contributed by atoms with Gasteiger partial charge in [0.05, 0.1) is 11.9 Å². The van der Waals surface area contributed by atoms with Crippen LogP contribution in [0.25, 0.3) is 0 Å². The zero-order valence-corrected chi connectivity index (χ0v) is 22.1. The average molecular weight is 526 g/mol. The molecule has 192 valence electrons. The zero-order chi connectivity index (χ0) is 26.2. The summed E-state index contributed by atoms with van der Waals surface area (Å²) < 4.78 is 39.1. The lowest BCUT2D eigenvalue weighted by molar-refractivity contribution is -0.141. The molecule has 0 aliphatic carbocycles. The number of nitrogens with one attached hydrogen (secondary N) is 1. The Morgan fingerprint density at radius 1 is 1.06 bits per heavy atom. The molecule has 0 spiro atoms. The molecule has 7 nitrogen and oxygen atoms in total. The Bertz CT molecular complexity index is 1090. The van der Waals surface area contributed by atoms with E-state index in [4.69, 9.17) is 11.6 Å². The van der Waals surface area contributed by atoms with E-state index < -0.39 is 21.9 Å². The monoisotopic (exact) mass is 525 g/mol. The third kappa shape index (κ3) is 8.81. The van der Waals surface area contributed by atoms with Gasteiger partial charge < -0.3 is 10.2 Å². The third-order valence-electron chi connectivity index (χ3n) is 5.35. The van der Waals surface area contributed by atoms with Crippen molar-refractivity contribution in [2.24, 2.45) is 0 Å². The Labute approximate surface area is 212 Å². The Morgan fingerprint density at radius 3 is 2.17 bits per heavy atom. The number of carbonyl (C=O) groups is 2. The quantitative estimate of drug-likeness (QED) is 0.446. The van der Waals surface area contributed by atoms with Gasteiger partial charge in [0, 0.05) is 30.6 Å². The summed E-state index contributed by atoms with van der Waals surface area (Å²) in [6.45, 7) is 5.80. The van der Waals surface area contributed by atoms with Gasteiger partial charge in [-0.3, -0.25) is 13.9 Å². The predicted octanol–water partition coefficient (Wildman–Crippen LogP) is 4.36. The molecule has 2 aromatic rings. The SMILES string of the molecule is CC[C@@H](C(=O)NC(C)C)N(Cc1ccc(Cl)cc1)C(=O)CCCN(c1ccc(F)cc1)S(C)(=O)=O. The zero-order valence-electron chi connectivity index (χ0n) is 20.5. The van der Waals surface area contributed by atoms with E-state index in [1.165, 1.54) is 29.2 Å². The van der Waals surface area contributed by atoms with Crippen molar-refractivity contribution in [3.8, 4) is 0 Å². The van der Waals surface area contributed by atoms with Crippen LogP contribution in [0.2, 0.25) is 5.02 Å². The largest absolute Gasteiger partial charge is 0.352 e. The molecule has 0 aliphatic rings. The van der Waals surface area contributed by atoms with Gasteiger partial charge in [0.15, 0.2) is 0 Å². The van der Waals surface area contributed by atoms with Crippen molar-refractivity contribution in [2.45, 2.75) is 58.7 Å². The van der Waals surface area contributed by atoms with E-state index in [0.29, 0.717) is 17.1 Å². The number of sulfonamides is 1. The van der Waals surface area contributed by atoms with Crippen LogP contribution in [0.3, 0.4) is 0 Å². The lowest BCUT2D eigenvalue weighted by Crippen LogP contribution is -2.50. The molecule has 10 heteroatoms. The molecule has 0 bridgehead atoms. The first-order chi connectivity index (χ1) is 16.4. The van der Waals surface area contributed by atoms with Gasteiger partial charge in [0.25, 0.3) is 0 Å². The van der Waals surface area contributed by atoms with Crippen LogP contribution in [0.1, 0.15) is 45.6 Å². The lowest BCUT2D eigenvalue weighted by Gasteiger charge is -2.31. The van der Waals surface area contributed by atoms with Crippen molar-refractivity contribution in [3.05, 3.63) is 64.9 Å². The van der Waals surface area contributed by atoms with Crippen LogP contribution in [0.15, 0.2) is 48.5 Å². The smallest absolute Gasteiger partial charge is 0.243 e. The van der Waals surface area contributed by atoms with Gasteiger partial charge in [-0.25, -0.2) is 12.8 Å². The minimum atomic E-state index is -3.64. The molecular formula is C25H33ClFN3O4S. The number of carbonyl (C=O) groups excluding carboxylic acids is 2. The Hall–Kier alpha value is -2.65. The summed E-state index contributed by atoms with van der Waals surface area (Å²) in [5.41, 5.74) is 1.14. The third-order valence-corrected chi connectivity index (χ3v) is 6.80. The molecule has 0 fully saturated rings. The van der Waals surface area contributed by atoms with Crippen LogP contribution in [0.4, 0.5) is 10.1 Å². The molecule has 35 heavy (non-hydrogen) atoms. The van der Waals surface area contributed by atoms with E-state index in [1.54, 1.807) is 24.3 Å². The van der Waals surface area contributed by atoms with Crippen LogP contribution < -0.4 is 9.62 Å². The number of amides is 2. The summed E-state index contributed by atoms with van der Waals surface area (Å²) in [7, 11) is -3.64. The number of hydrogen-bond donors (Lipinski definition) is 1. The van der Waals surface area contributed by atoms with Gasteiger partial charge in [0.2, 0.25) is 21.8 Å². The molecule has 2 rings (SSSR count). The molecule has 0 saturated heterocycles.